The quantitative estimate of drug-likeness (QED) is 0.748. The maximum Gasteiger partial charge on any atom is 0.254 e. The molecule has 0 unspecified atom stereocenters. The molecule has 132 valence electrons. The summed E-state index contributed by atoms with van der Waals surface area (Å²) in [5.41, 5.74) is 0.919. The highest BCUT2D eigenvalue weighted by atomic mass is 16.7. The molecule has 2 aromatic heterocycles. The predicted molar refractivity (Wildman–Crippen MR) is 90.6 cm³/mol. The van der Waals surface area contributed by atoms with Gasteiger partial charge in [0.2, 0.25) is 12.7 Å². The van der Waals surface area contributed by atoms with Crippen LogP contribution in [0.1, 0.15) is 5.76 Å². The van der Waals surface area contributed by atoms with Gasteiger partial charge in [0.15, 0.2) is 11.5 Å². The van der Waals surface area contributed by atoms with Crippen molar-refractivity contribution < 1.29 is 18.7 Å². The lowest BCUT2D eigenvalue weighted by molar-refractivity contribution is -0.122. The molecule has 0 fully saturated rings. The molecular formula is C18H15N3O5. The summed E-state index contributed by atoms with van der Waals surface area (Å²) >= 11 is 0. The van der Waals surface area contributed by atoms with Crippen LogP contribution in [0.4, 0.5) is 0 Å². The van der Waals surface area contributed by atoms with Crippen LogP contribution in [0, 0.1) is 0 Å². The molecule has 1 aliphatic heterocycles. The Morgan fingerprint density at radius 1 is 1.19 bits per heavy atom. The highest BCUT2D eigenvalue weighted by molar-refractivity contribution is 5.75. The Morgan fingerprint density at radius 3 is 2.88 bits per heavy atom. The molecule has 0 saturated heterocycles. The number of hydrogen-bond donors (Lipinski definition) is 1. The number of hydrogen-bond acceptors (Lipinski definition) is 6. The number of ether oxygens (including phenoxy) is 2. The molecule has 3 aromatic rings. The van der Waals surface area contributed by atoms with E-state index in [0.29, 0.717) is 23.0 Å². The second kappa shape index (κ2) is 6.75. The van der Waals surface area contributed by atoms with E-state index in [2.05, 4.69) is 10.3 Å². The van der Waals surface area contributed by atoms with Crippen LogP contribution >= 0.6 is 0 Å². The van der Waals surface area contributed by atoms with E-state index in [1.54, 1.807) is 30.3 Å². The molecule has 0 bridgehead atoms. The van der Waals surface area contributed by atoms with Crippen LogP contribution in [0.25, 0.3) is 11.3 Å². The van der Waals surface area contributed by atoms with Gasteiger partial charge in [0.05, 0.1) is 24.8 Å². The van der Waals surface area contributed by atoms with Crippen molar-refractivity contribution in [3.63, 3.8) is 0 Å². The SMILES string of the molecule is O=C(Cn1cnc(-c2ccc3c(c2)OCO3)cc1=O)NCc1ccco1. The van der Waals surface area contributed by atoms with Gasteiger partial charge in [0.25, 0.3) is 5.56 Å². The lowest BCUT2D eigenvalue weighted by Crippen LogP contribution is -2.31. The summed E-state index contributed by atoms with van der Waals surface area (Å²) in [6.45, 7) is 0.332. The van der Waals surface area contributed by atoms with Crippen molar-refractivity contribution in [3.05, 3.63) is 65.1 Å². The molecule has 26 heavy (non-hydrogen) atoms. The molecule has 1 aromatic carbocycles. The third-order valence-corrected chi connectivity index (χ3v) is 3.90. The van der Waals surface area contributed by atoms with Crippen LogP contribution in [0.5, 0.6) is 11.5 Å². The maximum atomic E-state index is 12.3. The van der Waals surface area contributed by atoms with Crippen molar-refractivity contribution in [3.8, 4) is 22.8 Å². The zero-order valence-electron chi connectivity index (χ0n) is 13.7. The lowest BCUT2D eigenvalue weighted by atomic mass is 10.1. The minimum absolute atomic E-state index is 0.117. The van der Waals surface area contributed by atoms with Crippen LogP contribution in [0.3, 0.4) is 0 Å². The molecular weight excluding hydrogens is 338 g/mol. The van der Waals surface area contributed by atoms with Crippen molar-refractivity contribution in [2.75, 3.05) is 6.79 Å². The van der Waals surface area contributed by atoms with E-state index < -0.39 is 0 Å². The standard InChI is InChI=1S/C18H15N3O5/c22-17(19-8-13-2-1-5-24-13)9-21-10-20-14(7-18(21)23)12-3-4-15-16(6-12)26-11-25-15/h1-7,10H,8-9,11H2,(H,19,22). The number of fused-ring (bicyclic) bond motifs is 1. The molecule has 8 heteroatoms. The normalized spacial score (nSPS) is 12.2. The maximum absolute atomic E-state index is 12.3. The van der Waals surface area contributed by atoms with E-state index in [0.717, 1.165) is 5.56 Å². The summed E-state index contributed by atoms with van der Waals surface area (Å²) < 4.78 is 17.0. The van der Waals surface area contributed by atoms with Gasteiger partial charge < -0.3 is 19.2 Å². The summed E-state index contributed by atoms with van der Waals surface area (Å²) in [7, 11) is 0. The Balaban J connectivity index is 1.46. The highest BCUT2D eigenvalue weighted by Crippen LogP contribution is 2.35. The van der Waals surface area contributed by atoms with E-state index >= 15 is 0 Å². The monoisotopic (exact) mass is 353 g/mol. The third-order valence-electron chi connectivity index (χ3n) is 3.90. The Kier molecular flexibility index (Phi) is 4.14. The van der Waals surface area contributed by atoms with Crippen molar-refractivity contribution in [2.45, 2.75) is 13.1 Å². The number of furan rings is 1. The number of benzene rings is 1. The van der Waals surface area contributed by atoms with Crippen LogP contribution in [0.15, 0.2) is 58.2 Å². The molecule has 3 heterocycles. The molecule has 0 aliphatic carbocycles. The summed E-state index contributed by atoms with van der Waals surface area (Å²) in [6, 6.07) is 10.2. The number of carbonyl (C=O) groups excluding carboxylic acids is 1. The van der Waals surface area contributed by atoms with Crippen molar-refractivity contribution in [1.29, 1.82) is 0 Å². The smallest absolute Gasteiger partial charge is 0.254 e. The van der Waals surface area contributed by atoms with Crippen LogP contribution in [0.2, 0.25) is 0 Å². The Labute approximate surface area is 148 Å². The number of aromatic nitrogens is 2. The largest absolute Gasteiger partial charge is 0.467 e. The second-order valence-corrected chi connectivity index (χ2v) is 5.66. The zero-order chi connectivity index (χ0) is 17.9. The molecule has 1 aliphatic rings. The first kappa shape index (κ1) is 15.9. The van der Waals surface area contributed by atoms with Crippen LogP contribution in [-0.4, -0.2) is 22.3 Å². The third kappa shape index (κ3) is 3.30. The molecule has 4 rings (SSSR count). The Morgan fingerprint density at radius 2 is 2.08 bits per heavy atom. The average Bonchev–Trinajstić information content (AvgIpc) is 3.32. The van der Waals surface area contributed by atoms with Crippen LogP contribution in [-0.2, 0) is 17.9 Å². The number of nitrogens with zero attached hydrogens (tertiary/aromatic N) is 2. The predicted octanol–water partition coefficient (Wildman–Crippen LogP) is 1.55. The van der Waals surface area contributed by atoms with E-state index in [4.69, 9.17) is 13.9 Å². The summed E-state index contributed by atoms with van der Waals surface area (Å²) in [5, 5.41) is 2.68. The lowest BCUT2D eigenvalue weighted by Gasteiger charge is -2.07. The van der Waals surface area contributed by atoms with Gasteiger partial charge in [-0.3, -0.25) is 14.2 Å². The molecule has 1 N–H and O–H groups in total. The molecule has 0 spiro atoms. The zero-order valence-corrected chi connectivity index (χ0v) is 13.7. The molecule has 0 radical (unpaired) electrons. The van der Waals surface area contributed by atoms with Gasteiger partial charge in [-0.1, -0.05) is 0 Å². The summed E-state index contributed by atoms with van der Waals surface area (Å²) in [6.07, 6.45) is 2.89. The summed E-state index contributed by atoms with van der Waals surface area (Å²) in [5.74, 6) is 1.62. The van der Waals surface area contributed by atoms with E-state index in [-0.39, 0.29) is 31.3 Å². The van der Waals surface area contributed by atoms with Gasteiger partial charge in [0, 0.05) is 11.6 Å². The van der Waals surface area contributed by atoms with Gasteiger partial charge in [-0.2, -0.15) is 0 Å². The molecule has 1 amide bonds. The van der Waals surface area contributed by atoms with Gasteiger partial charge in [-0.15, -0.1) is 0 Å². The Hall–Kier alpha value is -3.55. The first-order chi connectivity index (χ1) is 12.7. The molecule has 0 saturated carbocycles. The second-order valence-electron chi connectivity index (χ2n) is 5.66. The van der Waals surface area contributed by atoms with Crippen molar-refractivity contribution in [2.24, 2.45) is 0 Å². The summed E-state index contributed by atoms with van der Waals surface area (Å²) in [4.78, 5) is 28.5. The van der Waals surface area contributed by atoms with Crippen LogP contribution < -0.4 is 20.3 Å². The minimum Gasteiger partial charge on any atom is -0.467 e. The minimum atomic E-state index is -0.319. The highest BCUT2D eigenvalue weighted by Gasteiger charge is 2.15. The van der Waals surface area contributed by atoms with Gasteiger partial charge in [-0.25, -0.2) is 4.98 Å². The van der Waals surface area contributed by atoms with Crippen molar-refractivity contribution in [1.82, 2.24) is 14.9 Å². The number of amides is 1. The first-order valence-corrected chi connectivity index (χ1v) is 7.94. The average molecular weight is 353 g/mol. The number of rotatable bonds is 5. The topological polar surface area (TPSA) is 95.6 Å². The number of carbonyl (C=O) groups is 1. The fraction of sp³-hybridized carbons (Fsp3) is 0.167. The van der Waals surface area contributed by atoms with E-state index in [9.17, 15) is 9.59 Å². The van der Waals surface area contributed by atoms with E-state index in [1.807, 2.05) is 0 Å². The van der Waals surface area contributed by atoms with Gasteiger partial charge in [-0.05, 0) is 30.3 Å². The van der Waals surface area contributed by atoms with Gasteiger partial charge in [0.1, 0.15) is 12.3 Å². The van der Waals surface area contributed by atoms with Gasteiger partial charge >= 0.3 is 0 Å². The fourth-order valence-electron chi connectivity index (χ4n) is 2.57. The molecule has 8 nitrogen and oxygen atoms in total. The number of nitrogens with one attached hydrogen (secondary N) is 1. The van der Waals surface area contributed by atoms with Crippen molar-refractivity contribution >= 4 is 5.91 Å². The first-order valence-electron chi connectivity index (χ1n) is 7.94. The molecule has 0 atom stereocenters. The fourth-order valence-corrected chi connectivity index (χ4v) is 2.57. The van der Waals surface area contributed by atoms with E-state index in [1.165, 1.54) is 23.2 Å². The Bertz CT molecular complexity index is 994.